The molecule has 0 spiro atoms. The summed E-state index contributed by atoms with van der Waals surface area (Å²) in [7, 11) is -3.67. The zero-order valence-corrected chi connectivity index (χ0v) is 11.6. The van der Waals surface area contributed by atoms with Gasteiger partial charge in [0.2, 0.25) is 10.0 Å². The van der Waals surface area contributed by atoms with Gasteiger partial charge in [0.25, 0.3) is 0 Å². The summed E-state index contributed by atoms with van der Waals surface area (Å²) in [6, 6.07) is 3.14. The molecule has 0 saturated heterocycles. The van der Waals surface area contributed by atoms with Crippen LogP contribution in [0, 0.1) is 13.8 Å². The van der Waals surface area contributed by atoms with E-state index in [-0.39, 0.29) is 4.90 Å². The van der Waals surface area contributed by atoms with Gasteiger partial charge in [-0.25, -0.2) is 13.6 Å². The van der Waals surface area contributed by atoms with Crippen LogP contribution in [0.25, 0.3) is 0 Å². The number of ether oxygens (including phenoxy) is 1. The molecule has 0 aromatic heterocycles. The van der Waals surface area contributed by atoms with Crippen molar-refractivity contribution >= 4 is 10.0 Å². The highest BCUT2D eigenvalue weighted by Crippen LogP contribution is 2.26. The Balaban J connectivity index is 2.91. The van der Waals surface area contributed by atoms with Crippen molar-refractivity contribution in [3.63, 3.8) is 0 Å². The third-order valence-corrected chi connectivity index (χ3v) is 3.86. The molecule has 0 unspecified atom stereocenters. The SMILES string of the molecule is C=CCCCOc1ccc(S(N)(=O)=O)c(C)c1C. The van der Waals surface area contributed by atoms with E-state index < -0.39 is 10.0 Å². The van der Waals surface area contributed by atoms with E-state index in [9.17, 15) is 8.42 Å². The van der Waals surface area contributed by atoms with Crippen LogP contribution in [0.1, 0.15) is 24.0 Å². The Bertz CT molecular complexity index is 535. The molecule has 5 heteroatoms. The molecule has 18 heavy (non-hydrogen) atoms. The van der Waals surface area contributed by atoms with Crippen LogP contribution in [0.2, 0.25) is 0 Å². The van der Waals surface area contributed by atoms with Crippen LogP contribution in [-0.4, -0.2) is 15.0 Å². The Morgan fingerprint density at radius 3 is 2.56 bits per heavy atom. The molecule has 0 aliphatic rings. The molecule has 1 rings (SSSR count). The lowest BCUT2D eigenvalue weighted by Gasteiger charge is -2.13. The van der Waals surface area contributed by atoms with E-state index in [1.807, 2.05) is 13.0 Å². The van der Waals surface area contributed by atoms with Crippen molar-refractivity contribution in [3.8, 4) is 5.75 Å². The van der Waals surface area contributed by atoms with Gasteiger partial charge in [0.05, 0.1) is 11.5 Å². The van der Waals surface area contributed by atoms with Gasteiger partial charge in [0.1, 0.15) is 5.75 Å². The Hall–Kier alpha value is -1.33. The van der Waals surface area contributed by atoms with Gasteiger partial charge in [0, 0.05) is 0 Å². The molecule has 0 amide bonds. The minimum atomic E-state index is -3.67. The predicted octanol–water partition coefficient (Wildman–Crippen LogP) is 2.30. The average Bonchev–Trinajstić information content (AvgIpc) is 2.28. The van der Waals surface area contributed by atoms with E-state index in [1.54, 1.807) is 13.0 Å². The number of unbranched alkanes of at least 4 members (excludes halogenated alkanes) is 1. The first kappa shape index (κ1) is 14.7. The summed E-state index contributed by atoms with van der Waals surface area (Å²) < 4.78 is 28.3. The summed E-state index contributed by atoms with van der Waals surface area (Å²) in [5.41, 5.74) is 1.44. The van der Waals surface area contributed by atoms with E-state index in [2.05, 4.69) is 6.58 Å². The van der Waals surface area contributed by atoms with Gasteiger partial charge in [-0.15, -0.1) is 6.58 Å². The Morgan fingerprint density at radius 2 is 2.00 bits per heavy atom. The third-order valence-electron chi connectivity index (χ3n) is 2.80. The maximum atomic E-state index is 11.3. The first-order valence-electron chi connectivity index (χ1n) is 5.74. The maximum absolute atomic E-state index is 11.3. The van der Waals surface area contributed by atoms with Crippen LogP contribution in [0.5, 0.6) is 5.75 Å². The molecule has 0 bridgehead atoms. The smallest absolute Gasteiger partial charge is 0.238 e. The average molecular weight is 269 g/mol. The van der Waals surface area contributed by atoms with Crippen molar-refractivity contribution in [2.24, 2.45) is 5.14 Å². The van der Waals surface area contributed by atoms with Gasteiger partial charge >= 0.3 is 0 Å². The van der Waals surface area contributed by atoms with Gasteiger partial charge in [-0.2, -0.15) is 0 Å². The van der Waals surface area contributed by atoms with Crippen LogP contribution in [0.3, 0.4) is 0 Å². The number of hydrogen-bond donors (Lipinski definition) is 1. The van der Waals surface area contributed by atoms with Crippen LogP contribution >= 0.6 is 0 Å². The van der Waals surface area contributed by atoms with Crippen LogP contribution < -0.4 is 9.88 Å². The molecule has 2 N–H and O–H groups in total. The number of primary sulfonamides is 1. The van der Waals surface area contributed by atoms with E-state index in [0.29, 0.717) is 17.9 Å². The summed E-state index contributed by atoms with van der Waals surface area (Å²) >= 11 is 0. The van der Waals surface area contributed by atoms with Crippen LogP contribution in [-0.2, 0) is 10.0 Å². The molecule has 0 saturated carbocycles. The standard InChI is InChI=1S/C13H19NO3S/c1-4-5-6-9-17-12-7-8-13(18(14,15)16)11(3)10(12)2/h4,7-8H,1,5-6,9H2,2-3H3,(H2,14,15,16). The Morgan fingerprint density at radius 1 is 1.33 bits per heavy atom. The van der Waals surface area contributed by atoms with Crippen molar-refractivity contribution in [1.29, 1.82) is 0 Å². The zero-order chi connectivity index (χ0) is 13.8. The van der Waals surface area contributed by atoms with Crippen molar-refractivity contribution in [1.82, 2.24) is 0 Å². The lowest BCUT2D eigenvalue weighted by molar-refractivity contribution is 0.309. The summed E-state index contributed by atoms with van der Waals surface area (Å²) in [4.78, 5) is 0.151. The monoisotopic (exact) mass is 269 g/mol. The van der Waals surface area contributed by atoms with Gasteiger partial charge in [-0.1, -0.05) is 6.08 Å². The molecule has 0 atom stereocenters. The van der Waals surface area contributed by atoms with Crippen molar-refractivity contribution in [2.45, 2.75) is 31.6 Å². The predicted molar refractivity (Wildman–Crippen MR) is 72.2 cm³/mol. The minimum absolute atomic E-state index is 0.151. The fourth-order valence-corrected chi connectivity index (χ4v) is 2.48. The molecule has 0 fully saturated rings. The van der Waals surface area contributed by atoms with Crippen LogP contribution in [0.15, 0.2) is 29.7 Å². The number of hydrogen-bond acceptors (Lipinski definition) is 3. The van der Waals surface area contributed by atoms with Gasteiger partial charge < -0.3 is 4.74 Å². The second-order valence-electron chi connectivity index (χ2n) is 4.14. The van der Waals surface area contributed by atoms with Crippen molar-refractivity contribution < 1.29 is 13.2 Å². The number of nitrogens with two attached hydrogens (primary N) is 1. The lowest BCUT2D eigenvalue weighted by atomic mass is 10.1. The first-order chi connectivity index (χ1) is 8.38. The maximum Gasteiger partial charge on any atom is 0.238 e. The topological polar surface area (TPSA) is 69.4 Å². The molecule has 100 valence electrons. The molecular formula is C13H19NO3S. The number of allylic oxidation sites excluding steroid dienone is 1. The highest BCUT2D eigenvalue weighted by Gasteiger charge is 2.15. The number of sulfonamides is 1. The molecule has 1 aromatic rings. The zero-order valence-electron chi connectivity index (χ0n) is 10.8. The van der Waals surface area contributed by atoms with E-state index in [1.165, 1.54) is 6.07 Å². The van der Waals surface area contributed by atoms with Crippen LogP contribution in [0.4, 0.5) is 0 Å². The summed E-state index contributed by atoms with van der Waals surface area (Å²) in [5.74, 6) is 0.698. The molecule has 0 aliphatic carbocycles. The molecule has 1 aromatic carbocycles. The molecule has 0 aliphatic heterocycles. The van der Waals surface area contributed by atoms with E-state index in [0.717, 1.165) is 18.4 Å². The molecular weight excluding hydrogens is 250 g/mol. The number of rotatable bonds is 6. The molecule has 4 nitrogen and oxygen atoms in total. The normalized spacial score (nSPS) is 11.3. The summed E-state index contributed by atoms with van der Waals surface area (Å²) in [6.07, 6.45) is 3.62. The fraction of sp³-hybridized carbons (Fsp3) is 0.385. The largest absolute Gasteiger partial charge is 0.493 e. The number of benzene rings is 1. The fourth-order valence-electron chi connectivity index (χ4n) is 1.65. The quantitative estimate of drug-likeness (QED) is 0.636. The Kier molecular flexibility index (Phi) is 4.93. The second kappa shape index (κ2) is 6.02. The van der Waals surface area contributed by atoms with Gasteiger partial charge in [0.15, 0.2) is 0 Å². The Labute approximate surface area is 109 Å². The van der Waals surface area contributed by atoms with Gasteiger partial charge in [-0.3, -0.25) is 0 Å². The summed E-state index contributed by atoms with van der Waals surface area (Å²) in [5, 5.41) is 5.14. The highest BCUT2D eigenvalue weighted by atomic mass is 32.2. The van der Waals surface area contributed by atoms with E-state index in [4.69, 9.17) is 9.88 Å². The lowest BCUT2D eigenvalue weighted by Crippen LogP contribution is -2.14. The van der Waals surface area contributed by atoms with Crippen molar-refractivity contribution in [3.05, 3.63) is 35.9 Å². The highest BCUT2D eigenvalue weighted by molar-refractivity contribution is 7.89. The third kappa shape index (κ3) is 3.58. The minimum Gasteiger partial charge on any atom is -0.493 e. The molecule has 0 heterocycles. The van der Waals surface area contributed by atoms with Gasteiger partial charge in [-0.05, 0) is 49.9 Å². The van der Waals surface area contributed by atoms with Crippen molar-refractivity contribution in [2.75, 3.05) is 6.61 Å². The second-order valence-corrected chi connectivity index (χ2v) is 5.67. The van der Waals surface area contributed by atoms with E-state index >= 15 is 0 Å². The first-order valence-corrected chi connectivity index (χ1v) is 7.29. The summed E-state index contributed by atoms with van der Waals surface area (Å²) in [6.45, 7) is 7.78. The molecule has 0 radical (unpaired) electrons.